The van der Waals surface area contributed by atoms with E-state index < -0.39 is 0 Å². The van der Waals surface area contributed by atoms with Crippen molar-refractivity contribution < 1.29 is 18.8 Å². The molecular weight excluding hydrogens is 324 g/mol. The number of hydrogen-bond acceptors (Lipinski definition) is 6. The molecule has 1 saturated carbocycles. The van der Waals surface area contributed by atoms with Gasteiger partial charge in [-0.05, 0) is 25.8 Å². The number of ether oxygens (including phenoxy) is 1. The number of aromatic nitrogens is 2. The summed E-state index contributed by atoms with van der Waals surface area (Å²) in [5.41, 5.74) is 2.61. The van der Waals surface area contributed by atoms with Crippen LogP contribution in [0.3, 0.4) is 0 Å². The Morgan fingerprint density at radius 2 is 2.16 bits per heavy atom. The van der Waals surface area contributed by atoms with Crippen LogP contribution in [-0.2, 0) is 4.74 Å². The highest BCUT2D eigenvalue weighted by Gasteiger charge is 2.39. The van der Waals surface area contributed by atoms with Gasteiger partial charge in [-0.3, -0.25) is 9.69 Å². The van der Waals surface area contributed by atoms with Crippen molar-refractivity contribution in [2.75, 3.05) is 26.2 Å². The van der Waals surface area contributed by atoms with Crippen LogP contribution in [0.15, 0.2) is 10.6 Å². The average molecular weight is 342 g/mol. The molecule has 0 radical (unpaired) electrons. The molecule has 1 aliphatic carbocycles. The molecule has 3 fully saturated rings. The molecule has 3 aliphatic rings. The first-order valence-electron chi connectivity index (χ1n) is 8.61. The molecule has 4 heterocycles. The minimum Gasteiger partial charge on any atom is -0.447 e. The van der Waals surface area contributed by atoms with Gasteiger partial charge in [-0.1, -0.05) is 5.16 Å². The van der Waals surface area contributed by atoms with Gasteiger partial charge in [0.05, 0.1) is 22.7 Å². The molecular formula is C17H18N4O4. The molecule has 0 aromatic carbocycles. The third-order valence-corrected chi connectivity index (χ3v) is 5.27. The summed E-state index contributed by atoms with van der Waals surface area (Å²) in [5, 5.41) is 4.68. The fraction of sp³-hybridized carbons (Fsp3) is 0.529. The lowest BCUT2D eigenvalue weighted by molar-refractivity contribution is 0.0618. The number of hydrogen-bond donors (Lipinski definition) is 0. The zero-order valence-corrected chi connectivity index (χ0v) is 13.9. The van der Waals surface area contributed by atoms with E-state index in [1.807, 2.05) is 13.0 Å². The van der Waals surface area contributed by atoms with Crippen LogP contribution in [0, 0.1) is 6.92 Å². The Morgan fingerprint density at radius 3 is 2.96 bits per heavy atom. The summed E-state index contributed by atoms with van der Waals surface area (Å²) in [7, 11) is 0. The standard InChI is InChI=1S/C17H18N4O4/c1-9-14-12(6-13(10-2-3-10)18-15(14)25-19-9)16(22)20-4-5-21-11(7-20)8-24-17(21)23/h6,10-11H,2-5,7-8H2,1H3. The normalized spacial score (nSPS) is 23.1. The third kappa shape index (κ3) is 2.27. The largest absolute Gasteiger partial charge is 0.447 e. The van der Waals surface area contributed by atoms with Crippen molar-refractivity contribution in [3.63, 3.8) is 0 Å². The zero-order chi connectivity index (χ0) is 17.1. The van der Waals surface area contributed by atoms with Crippen LogP contribution in [0.2, 0.25) is 0 Å². The number of amides is 2. The Hall–Kier alpha value is -2.64. The smallest absolute Gasteiger partial charge is 0.410 e. The summed E-state index contributed by atoms with van der Waals surface area (Å²) < 4.78 is 10.4. The molecule has 8 heteroatoms. The summed E-state index contributed by atoms with van der Waals surface area (Å²) in [4.78, 5) is 32.9. The van der Waals surface area contributed by atoms with E-state index in [1.54, 1.807) is 9.80 Å². The quantitative estimate of drug-likeness (QED) is 0.825. The van der Waals surface area contributed by atoms with E-state index in [2.05, 4.69) is 10.1 Å². The Morgan fingerprint density at radius 1 is 1.32 bits per heavy atom. The number of pyridine rings is 1. The number of cyclic esters (lactones) is 1. The highest BCUT2D eigenvalue weighted by molar-refractivity contribution is 6.06. The summed E-state index contributed by atoms with van der Waals surface area (Å²) >= 11 is 0. The van der Waals surface area contributed by atoms with Gasteiger partial charge < -0.3 is 14.2 Å². The Kier molecular flexibility index (Phi) is 3.04. The molecule has 2 amide bonds. The van der Waals surface area contributed by atoms with Crippen molar-refractivity contribution in [3.8, 4) is 0 Å². The van der Waals surface area contributed by atoms with Crippen molar-refractivity contribution in [1.82, 2.24) is 19.9 Å². The predicted octanol–water partition coefficient (Wildman–Crippen LogP) is 1.69. The van der Waals surface area contributed by atoms with E-state index in [9.17, 15) is 9.59 Å². The predicted molar refractivity (Wildman–Crippen MR) is 86.3 cm³/mol. The molecule has 5 rings (SSSR count). The maximum Gasteiger partial charge on any atom is 0.410 e. The molecule has 2 aromatic heterocycles. The fourth-order valence-electron chi connectivity index (χ4n) is 3.71. The number of aryl methyl sites for hydroxylation is 1. The first-order chi connectivity index (χ1) is 12.1. The highest BCUT2D eigenvalue weighted by atomic mass is 16.6. The summed E-state index contributed by atoms with van der Waals surface area (Å²) in [6.07, 6.45) is 1.91. The second-order valence-electron chi connectivity index (χ2n) is 6.99. The van der Waals surface area contributed by atoms with Crippen molar-refractivity contribution in [2.24, 2.45) is 0 Å². The van der Waals surface area contributed by atoms with Gasteiger partial charge in [0.2, 0.25) is 0 Å². The van der Waals surface area contributed by atoms with E-state index in [0.29, 0.717) is 54.5 Å². The minimum atomic E-state index is -0.283. The Bertz CT molecular complexity index is 888. The summed E-state index contributed by atoms with van der Waals surface area (Å²) in [5.74, 6) is 0.360. The second kappa shape index (κ2) is 5.18. The van der Waals surface area contributed by atoms with Crippen molar-refractivity contribution in [2.45, 2.75) is 31.7 Å². The first kappa shape index (κ1) is 14.7. The van der Waals surface area contributed by atoms with E-state index in [0.717, 1.165) is 18.5 Å². The number of fused-ring (bicyclic) bond motifs is 2. The Labute approximate surface area is 143 Å². The van der Waals surface area contributed by atoms with Gasteiger partial charge in [-0.2, -0.15) is 0 Å². The van der Waals surface area contributed by atoms with E-state index in [1.165, 1.54) is 0 Å². The number of carbonyl (C=O) groups excluding carboxylic acids is 2. The van der Waals surface area contributed by atoms with Gasteiger partial charge in [0.15, 0.2) is 0 Å². The van der Waals surface area contributed by atoms with Gasteiger partial charge in [0.25, 0.3) is 11.6 Å². The van der Waals surface area contributed by atoms with Gasteiger partial charge >= 0.3 is 6.09 Å². The molecule has 25 heavy (non-hydrogen) atoms. The molecule has 1 atom stereocenters. The molecule has 2 aliphatic heterocycles. The van der Waals surface area contributed by atoms with Gasteiger partial charge in [-0.25, -0.2) is 9.78 Å². The number of nitrogens with zero attached hydrogens (tertiary/aromatic N) is 4. The Balaban J connectivity index is 1.51. The summed E-state index contributed by atoms with van der Waals surface area (Å²) in [6, 6.07) is 1.84. The molecule has 0 spiro atoms. The maximum atomic E-state index is 13.2. The van der Waals surface area contributed by atoms with Crippen LogP contribution >= 0.6 is 0 Å². The van der Waals surface area contributed by atoms with Crippen molar-refractivity contribution in [1.29, 1.82) is 0 Å². The molecule has 2 aromatic rings. The molecule has 0 bridgehead atoms. The van der Waals surface area contributed by atoms with Gasteiger partial charge in [0.1, 0.15) is 6.61 Å². The fourth-order valence-corrected chi connectivity index (χ4v) is 3.71. The molecule has 130 valence electrons. The van der Waals surface area contributed by atoms with Crippen LogP contribution in [0.25, 0.3) is 11.1 Å². The van der Waals surface area contributed by atoms with Crippen molar-refractivity contribution in [3.05, 3.63) is 23.0 Å². The lowest BCUT2D eigenvalue weighted by Crippen LogP contribution is -2.53. The van der Waals surface area contributed by atoms with Gasteiger partial charge in [0, 0.05) is 31.2 Å². The molecule has 0 N–H and O–H groups in total. The number of carbonyl (C=O) groups is 2. The van der Waals surface area contributed by atoms with Crippen molar-refractivity contribution >= 4 is 23.1 Å². The topological polar surface area (TPSA) is 88.8 Å². The number of rotatable bonds is 2. The maximum absolute atomic E-state index is 13.2. The van der Waals surface area contributed by atoms with Crippen LogP contribution in [-0.4, -0.2) is 64.2 Å². The van der Waals surface area contributed by atoms with E-state index in [4.69, 9.17) is 9.26 Å². The lowest BCUT2D eigenvalue weighted by Gasteiger charge is -2.35. The van der Waals surface area contributed by atoms with E-state index >= 15 is 0 Å². The van der Waals surface area contributed by atoms with Crippen LogP contribution in [0.4, 0.5) is 4.79 Å². The molecule has 8 nitrogen and oxygen atoms in total. The number of piperazine rings is 1. The third-order valence-electron chi connectivity index (χ3n) is 5.27. The minimum absolute atomic E-state index is 0.0559. The SMILES string of the molecule is Cc1noc2nc(C3CC3)cc(C(=O)N3CCN4C(=O)OCC4C3)c12. The first-order valence-corrected chi connectivity index (χ1v) is 8.61. The average Bonchev–Trinajstić information content (AvgIpc) is 3.33. The van der Waals surface area contributed by atoms with Crippen LogP contribution < -0.4 is 0 Å². The monoisotopic (exact) mass is 342 g/mol. The van der Waals surface area contributed by atoms with Crippen LogP contribution in [0.5, 0.6) is 0 Å². The molecule has 1 unspecified atom stereocenters. The summed E-state index contributed by atoms with van der Waals surface area (Å²) in [6.45, 7) is 3.65. The zero-order valence-electron chi connectivity index (χ0n) is 13.9. The van der Waals surface area contributed by atoms with Crippen LogP contribution in [0.1, 0.15) is 40.5 Å². The highest BCUT2D eigenvalue weighted by Crippen LogP contribution is 2.40. The van der Waals surface area contributed by atoms with Gasteiger partial charge in [-0.15, -0.1) is 0 Å². The molecule has 2 saturated heterocycles. The van der Waals surface area contributed by atoms with E-state index in [-0.39, 0.29) is 18.0 Å². The second-order valence-corrected chi connectivity index (χ2v) is 6.99. The lowest BCUT2D eigenvalue weighted by atomic mass is 10.1.